The highest BCUT2D eigenvalue weighted by atomic mass is 32.2. The third-order valence-electron chi connectivity index (χ3n) is 3.67. The lowest BCUT2D eigenvalue weighted by molar-refractivity contribution is 0.414. The van der Waals surface area contributed by atoms with Crippen LogP contribution >= 0.6 is 0 Å². The largest absolute Gasteiger partial charge is 0.497 e. The number of sulfone groups is 2. The highest BCUT2D eigenvalue weighted by Crippen LogP contribution is 2.31. The van der Waals surface area contributed by atoms with Gasteiger partial charge in [0.2, 0.25) is 19.7 Å². The van der Waals surface area contributed by atoms with Crippen molar-refractivity contribution >= 4 is 19.7 Å². The highest BCUT2D eigenvalue weighted by molar-refractivity contribution is 7.94. The van der Waals surface area contributed by atoms with Crippen LogP contribution in [0.5, 0.6) is 5.75 Å². The number of hydrogen-bond acceptors (Lipinski definition) is 5. The fourth-order valence-corrected chi connectivity index (χ4v) is 5.63. The summed E-state index contributed by atoms with van der Waals surface area (Å²) in [6, 6.07) is 13.5. The van der Waals surface area contributed by atoms with Gasteiger partial charge in [-0.1, -0.05) is 18.2 Å². The van der Waals surface area contributed by atoms with Crippen LogP contribution in [0.1, 0.15) is 0 Å². The van der Waals surface area contributed by atoms with E-state index in [0.717, 1.165) is 0 Å². The van der Waals surface area contributed by atoms with Gasteiger partial charge in [-0.15, -0.1) is 0 Å². The van der Waals surface area contributed by atoms with E-state index in [4.69, 9.17) is 4.74 Å². The minimum Gasteiger partial charge on any atom is -0.497 e. The van der Waals surface area contributed by atoms with Crippen LogP contribution in [0.2, 0.25) is 0 Å². The molecular weight excluding hydrogens is 362 g/mol. The molecule has 3 rings (SSSR count). The summed E-state index contributed by atoms with van der Waals surface area (Å²) in [6.45, 7) is 0. The van der Waals surface area contributed by atoms with Crippen molar-refractivity contribution in [2.45, 2.75) is 19.6 Å². The van der Waals surface area contributed by atoms with E-state index in [1.165, 1.54) is 55.9 Å². The molecule has 25 heavy (non-hydrogen) atoms. The Labute approximate surface area is 145 Å². The molecule has 0 fully saturated rings. The van der Waals surface area contributed by atoms with E-state index < -0.39 is 19.7 Å². The SMILES string of the molecule is COc1ccc(S(=O)(=O)c2c[nH]cc2S(=O)(=O)c2ccccc2)cc1. The minimum absolute atomic E-state index is 0.0163. The van der Waals surface area contributed by atoms with Crippen molar-refractivity contribution in [2.24, 2.45) is 0 Å². The molecule has 0 amide bonds. The molecule has 1 heterocycles. The van der Waals surface area contributed by atoms with Crippen molar-refractivity contribution < 1.29 is 21.6 Å². The molecule has 1 N–H and O–H groups in total. The van der Waals surface area contributed by atoms with Gasteiger partial charge in [-0.2, -0.15) is 0 Å². The predicted molar refractivity (Wildman–Crippen MR) is 91.1 cm³/mol. The number of methoxy groups -OCH3 is 1. The molecule has 0 saturated heterocycles. The van der Waals surface area contributed by atoms with Gasteiger partial charge >= 0.3 is 0 Å². The Balaban J connectivity index is 2.13. The molecule has 1 aromatic heterocycles. The summed E-state index contributed by atoms with van der Waals surface area (Å²) in [5, 5.41) is 0. The molecule has 0 aliphatic heterocycles. The van der Waals surface area contributed by atoms with Crippen LogP contribution in [-0.4, -0.2) is 28.9 Å². The lowest BCUT2D eigenvalue weighted by atomic mass is 10.3. The van der Waals surface area contributed by atoms with E-state index in [1.54, 1.807) is 18.2 Å². The normalized spacial score (nSPS) is 12.0. The van der Waals surface area contributed by atoms with Gasteiger partial charge in [0, 0.05) is 12.4 Å². The standard InChI is InChI=1S/C17H15NO5S2/c1-23-13-7-9-15(10-8-13)25(21,22)17-12-18-11-16(17)24(19,20)14-5-3-2-4-6-14/h2-12,18H,1H3. The summed E-state index contributed by atoms with van der Waals surface area (Å²) >= 11 is 0. The molecule has 130 valence electrons. The van der Waals surface area contributed by atoms with Crippen LogP contribution < -0.4 is 4.74 Å². The van der Waals surface area contributed by atoms with E-state index in [0.29, 0.717) is 5.75 Å². The molecule has 3 aromatic rings. The van der Waals surface area contributed by atoms with Crippen LogP contribution in [0.4, 0.5) is 0 Å². The van der Waals surface area contributed by atoms with Gasteiger partial charge in [-0.05, 0) is 36.4 Å². The van der Waals surface area contributed by atoms with Crippen molar-refractivity contribution in [2.75, 3.05) is 7.11 Å². The zero-order valence-corrected chi connectivity index (χ0v) is 14.8. The summed E-state index contributed by atoms with van der Waals surface area (Å²) in [5.74, 6) is 0.505. The first kappa shape index (κ1) is 17.2. The van der Waals surface area contributed by atoms with Crippen molar-refractivity contribution in [3.8, 4) is 5.75 Å². The molecule has 0 saturated carbocycles. The fraction of sp³-hybridized carbons (Fsp3) is 0.0588. The molecule has 0 radical (unpaired) electrons. The topological polar surface area (TPSA) is 93.3 Å². The third kappa shape index (κ3) is 3.06. The number of ether oxygens (including phenoxy) is 1. The number of rotatable bonds is 5. The molecule has 8 heteroatoms. The zero-order chi connectivity index (χ0) is 18.1. The first-order chi connectivity index (χ1) is 11.9. The Morgan fingerprint density at radius 3 is 1.68 bits per heavy atom. The van der Waals surface area contributed by atoms with E-state index in [1.807, 2.05) is 0 Å². The van der Waals surface area contributed by atoms with Crippen molar-refractivity contribution in [1.29, 1.82) is 0 Å². The van der Waals surface area contributed by atoms with Crippen LogP contribution in [0.15, 0.2) is 86.6 Å². The second kappa shape index (κ2) is 6.38. The quantitative estimate of drug-likeness (QED) is 0.738. The number of aromatic nitrogens is 1. The van der Waals surface area contributed by atoms with E-state index in [-0.39, 0.29) is 19.6 Å². The predicted octanol–water partition coefficient (Wildman–Crippen LogP) is 2.69. The Hall–Kier alpha value is -2.58. The average molecular weight is 377 g/mol. The van der Waals surface area contributed by atoms with Gasteiger partial charge in [-0.25, -0.2) is 16.8 Å². The molecule has 6 nitrogen and oxygen atoms in total. The van der Waals surface area contributed by atoms with Crippen LogP contribution in [0.3, 0.4) is 0 Å². The molecule has 0 atom stereocenters. The summed E-state index contributed by atoms with van der Waals surface area (Å²) in [7, 11) is -6.50. The van der Waals surface area contributed by atoms with Crippen molar-refractivity contribution in [3.05, 3.63) is 67.0 Å². The van der Waals surface area contributed by atoms with E-state index in [2.05, 4.69) is 4.98 Å². The minimum atomic E-state index is -4.01. The number of nitrogens with one attached hydrogen (secondary N) is 1. The first-order valence-electron chi connectivity index (χ1n) is 7.23. The Bertz CT molecular complexity index is 1080. The molecule has 0 aliphatic carbocycles. The smallest absolute Gasteiger partial charge is 0.209 e. The van der Waals surface area contributed by atoms with Crippen molar-refractivity contribution in [1.82, 2.24) is 4.98 Å². The van der Waals surface area contributed by atoms with Gasteiger partial charge in [0.15, 0.2) is 0 Å². The second-order valence-corrected chi connectivity index (χ2v) is 9.02. The molecule has 0 aliphatic rings. The van der Waals surface area contributed by atoms with Gasteiger partial charge in [0.25, 0.3) is 0 Å². The van der Waals surface area contributed by atoms with Crippen LogP contribution in [0.25, 0.3) is 0 Å². The monoisotopic (exact) mass is 377 g/mol. The number of hydrogen-bond donors (Lipinski definition) is 1. The summed E-state index contributed by atoms with van der Waals surface area (Å²) in [5.41, 5.74) is 0. The van der Waals surface area contributed by atoms with E-state index in [9.17, 15) is 16.8 Å². The number of benzene rings is 2. The molecule has 2 aromatic carbocycles. The molecule has 0 bridgehead atoms. The van der Waals surface area contributed by atoms with Crippen LogP contribution in [-0.2, 0) is 19.7 Å². The van der Waals surface area contributed by atoms with Gasteiger partial charge < -0.3 is 9.72 Å². The summed E-state index contributed by atoms with van der Waals surface area (Å²) in [6.07, 6.45) is 2.36. The lowest BCUT2D eigenvalue weighted by Crippen LogP contribution is -2.08. The summed E-state index contributed by atoms with van der Waals surface area (Å²) in [4.78, 5) is 2.03. The second-order valence-electron chi connectivity index (χ2n) is 5.18. The van der Waals surface area contributed by atoms with Crippen LogP contribution in [0, 0.1) is 0 Å². The Morgan fingerprint density at radius 2 is 1.20 bits per heavy atom. The first-order valence-corrected chi connectivity index (χ1v) is 10.2. The van der Waals surface area contributed by atoms with E-state index >= 15 is 0 Å². The Kier molecular flexibility index (Phi) is 4.40. The Morgan fingerprint density at radius 1 is 0.720 bits per heavy atom. The third-order valence-corrected chi connectivity index (χ3v) is 7.42. The highest BCUT2D eigenvalue weighted by Gasteiger charge is 2.30. The van der Waals surface area contributed by atoms with Gasteiger partial charge in [-0.3, -0.25) is 0 Å². The van der Waals surface area contributed by atoms with Gasteiger partial charge in [0.1, 0.15) is 15.5 Å². The maximum absolute atomic E-state index is 12.9. The fourth-order valence-electron chi connectivity index (χ4n) is 2.36. The zero-order valence-electron chi connectivity index (χ0n) is 13.2. The van der Waals surface area contributed by atoms with Crippen molar-refractivity contribution in [3.63, 3.8) is 0 Å². The average Bonchev–Trinajstić information content (AvgIpc) is 3.14. The number of aromatic amines is 1. The maximum Gasteiger partial charge on any atom is 0.209 e. The molecular formula is C17H15NO5S2. The lowest BCUT2D eigenvalue weighted by Gasteiger charge is -2.08. The maximum atomic E-state index is 12.9. The number of H-pyrrole nitrogens is 1. The summed E-state index contributed by atoms with van der Waals surface area (Å²) < 4.78 is 56.3. The molecule has 0 unspecified atom stereocenters. The van der Waals surface area contributed by atoms with Gasteiger partial charge in [0.05, 0.1) is 16.9 Å². The molecule has 0 spiro atoms.